The summed E-state index contributed by atoms with van der Waals surface area (Å²) in [6, 6.07) is 0. The van der Waals surface area contributed by atoms with Crippen LogP contribution in [0.4, 0.5) is 13.2 Å². The van der Waals surface area contributed by atoms with Crippen molar-refractivity contribution < 1.29 is 18.0 Å². The molecule has 0 aliphatic rings. The lowest BCUT2D eigenvalue weighted by molar-refractivity contribution is -0.135. The van der Waals surface area contributed by atoms with Gasteiger partial charge >= 0.3 is 6.18 Å². The number of guanidine groups is 1. The maximum absolute atomic E-state index is 12.0. The predicted octanol–water partition coefficient (Wildman–Crippen LogP) is 2.14. The fourth-order valence-electron chi connectivity index (χ4n) is 1.50. The molecule has 0 spiro atoms. The molecule has 0 radical (unpaired) electrons. The Balaban J connectivity index is 4.17. The number of amides is 1. The van der Waals surface area contributed by atoms with Gasteiger partial charge in [-0.1, -0.05) is 13.3 Å². The van der Waals surface area contributed by atoms with Gasteiger partial charge in [0.1, 0.15) is 6.54 Å². The fraction of sp³-hybridized carbons (Fsp3) is 0.857. The van der Waals surface area contributed by atoms with E-state index in [4.69, 9.17) is 0 Å². The van der Waals surface area contributed by atoms with E-state index in [1.54, 1.807) is 14.1 Å². The molecule has 0 aliphatic carbocycles. The van der Waals surface area contributed by atoms with Crippen LogP contribution >= 0.6 is 0 Å². The van der Waals surface area contributed by atoms with Crippen molar-refractivity contribution in [2.75, 3.05) is 33.7 Å². The first-order valence-electron chi connectivity index (χ1n) is 7.55. The van der Waals surface area contributed by atoms with Gasteiger partial charge in [-0.25, -0.2) is 4.99 Å². The Morgan fingerprint density at radius 2 is 1.68 bits per heavy atom. The molecule has 0 saturated carbocycles. The molecule has 0 fully saturated rings. The number of halogens is 3. The molecule has 0 aromatic heterocycles. The standard InChI is InChI=1S/C14H27F3N4O/c1-4-5-9-18-13(20-11-12(22)21(2)3)19-10-7-6-8-14(15,16)17/h4-11H2,1-3H3,(H2,18,19,20). The molecule has 1 amide bonds. The average Bonchev–Trinajstić information content (AvgIpc) is 2.42. The van der Waals surface area contributed by atoms with Crippen LogP contribution in [0.3, 0.4) is 0 Å². The molecule has 2 N–H and O–H groups in total. The van der Waals surface area contributed by atoms with Gasteiger partial charge in [0.05, 0.1) is 0 Å². The molecular formula is C14H27F3N4O. The van der Waals surface area contributed by atoms with E-state index in [9.17, 15) is 18.0 Å². The number of hydrogen-bond acceptors (Lipinski definition) is 2. The number of hydrogen-bond donors (Lipinski definition) is 2. The Morgan fingerprint density at radius 3 is 2.18 bits per heavy atom. The minimum absolute atomic E-state index is 0.0109. The SMILES string of the molecule is CCCCNC(=NCC(=O)N(C)C)NCCCCC(F)(F)F. The first kappa shape index (κ1) is 20.5. The van der Waals surface area contributed by atoms with Crippen LogP contribution in [0.1, 0.15) is 39.0 Å². The quantitative estimate of drug-likeness (QED) is 0.388. The summed E-state index contributed by atoms with van der Waals surface area (Å²) in [5.74, 6) is 0.337. The Kier molecular flexibility index (Phi) is 10.4. The van der Waals surface area contributed by atoms with Gasteiger partial charge < -0.3 is 15.5 Å². The van der Waals surface area contributed by atoms with Crippen LogP contribution in [0.5, 0.6) is 0 Å². The van der Waals surface area contributed by atoms with Crippen LogP contribution in [0.15, 0.2) is 4.99 Å². The third-order valence-electron chi connectivity index (χ3n) is 2.87. The minimum Gasteiger partial charge on any atom is -0.356 e. The number of alkyl halides is 3. The van der Waals surface area contributed by atoms with Gasteiger partial charge in [0.25, 0.3) is 0 Å². The number of carbonyl (C=O) groups excluding carboxylic acids is 1. The van der Waals surface area contributed by atoms with Crippen LogP contribution in [0.25, 0.3) is 0 Å². The van der Waals surface area contributed by atoms with Crippen molar-refractivity contribution in [3.63, 3.8) is 0 Å². The van der Waals surface area contributed by atoms with Crippen molar-refractivity contribution in [1.29, 1.82) is 0 Å². The van der Waals surface area contributed by atoms with Gasteiger partial charge in [0, 0.05) is 33.6 Å². The number of likely N-dealkylation sites (N-methyl/N-ethyl adjacent to an activating group) is 1. The van der Waals surface area contributed by atoms with E-state index in [2.05, 4.69) is 22.5 Å². The van der Waals surface area contributed by atoms with Crippen molar-refractivity contribution in [1.82, 2.24) is 15.5 Å². The first-order chi connectivity index (χ1) is 10.3. The number of aliphatic imine (C=N–C) groups is 1. The Morgan fingerprint density at radius 1 is 1.09 bits per heavy atom. The monoisotopic (exact) mass is 324 g/mol. The number of rotatable bonds is 9. The highest BCUT2D eigenvalue weighted by molar-refractivity contribution is 5.84. The minimum atomic E-state index is -4.10. The summed E-state index contributed by atoms with van der Waals surface area (Å²) in [4.78, 5) is 17.1. The lowest BCUT2D eigenvalue weighted by Crippen LogP contribution is -2.39. The summed E-state index contributed by atoms with van der Waals surface area (Å²) in [6.07, 6.45) is -2.43. The molecule has 0 heterocycles. The van der Waals surface area contributed by atoms with E-state index < -0.39 is 12.6 Å². The summed E-state index contributed by atoms with van der Waals surface area (Å²) in [6.45, 7) is 3.17. The summed E-state index contributed by atoms with van der Waals surface area (Å²) >= 11 is 0. The van der Waals surface area contributed by atoms with E-state index in [1.165, 1.54) is 4.90 Å². The van der Waals surface area contributed by atoms with E-state index in [0.717, 1.165) is 12.8 Å². The number of nitrogens with zero attached hydrogens (tertiary/aromatic N) is 2. The van der Waals surface area contributed by atoms with Crippen molar-refractivity contribution >= 4 is 11.9 Å². The maximum atomic E-state index is 12.0. The van der Waals surface area contributed by atoms with Crippen LogP contribution in [-0.4, -0.2) is 56.7 Å². The highest BCUT2D eigenvalue weighted by atomic mass is 19.4. The molecule has 0 aromatic rings. The second kappa shape index (κ2) is 11.1. The summed E-state index contributed by atoms with van der Waals surface area (Å²) in [5, 5.41) is 6.03. The fourth-order valence-corrected chi connectivity index (χ4v) is 1.50. The van der Waals surface area contributed by atoms with E-state index in [0.29, 0.717) is 25.5 Å². The highest BCUT2D eigenvalue weighted by Crippen LogP contribution is 2.21. The highest BCUT2D eigenvalue weighted by Gasteiger charge is 2.25. The van der Waals surface area contributed by atoms with Gasteiger partial charge in [-0.2, -0.15) is 13.2 Å². The molecule has 0 aromatic carbocycles. The third kappa shape index (κ3) is 12.3. The van der Waals surface area contributed by atoms with Crippen LogP contribution in [0.2, 0.25) is 0 Å². The summed E-state index contributed by atoms with van der Waals surface area (Å²) < 4.78 is 36.1. The summed E-state index contributed by atoms with van der Waals surface area (Å²) in [7, 11) is 3.29. The summed E-state index contributed by atoms with van der Waals surface area (Å²) in [5.41, 5.74) is 0. The topological polar surface area (TPSA) is 56.7 Å². The zero-order valence-electron chi connectivity index (χ0n) is 13.6. The van der Waals surface area contributed by atoms with Crippen LogP contribution in [-0.2, 0) is 4.79 Å². The van der Waals surface area contributed by atoms with Gasteiger partial charge in [-0.3, -0.25) is 4.79 Å². The molecule has 0 atom stereocenters. The second-order valence-corrected chi connectivity index (χ2v) is 5.23. The average molecular weight is 324 g/mol. The number of nitrogens with one attached hydrogen (secondary N) is 2. The Bertz CT molecular complexity index is 343. The van der Waals surface area contributed by atoms with Crippen LogP contribution < -0.4 is 10.6 Å². The van der Waals surface area contributed by atoms with Gasteiger partial charge in [0.2, 0.25) is 5.91 Å². The normalized spacial score (nSPS) is 12.2. The third-order valence-corrected chi connectivity index (χ3v) is 2.87. The zero-order chi connectivity index (χ0) is 17.0. The van der Waals surface area contributed by atoms with Crippen molar-refractivity contribution in [3.05, 3.63) is 0 Å². The molecule has 5 nitrogen and oxygen atoms in total. The van der Waals surface area contributed by atoms with Gasteiger partial charge in [-0.05, 0) is 19.3 Å². The molecule has 0 unspecified atom stereocenters. The van der Waals surface area contributed by atoms with E-state index >= 15 is 0 Å². The van der Waals surface area contributed by atoms with Gasteiger partial charge in [0.15, 0.2) is 5.96 Å². The molecule has 0 aliphatic heterocycles. The van der Waals surface area contributed by atoms with Crippen molar-refractivity contribution in [2.24, 2.45) is 4.99 Å². The Labute approximate surface area is 130 Å². The van der Waals surface area contributed by atoms with E-state index in [1.807, 2.05) is 0 Å². The maximum Gasteiger partial charge on any atom is 0.389 e. The van der Waals surface area contributed by atoms with E-state index in [-0.39, 0.29) is 18.9 Å². The smallest absolute Gasteiger partial charge is 0.356 e. The molecule has 0 saturated heterocycles. The second-order valence-electron chi connectivity index (χ2n) is 5.23. The zero-order valence-corrected chi connectivity index (χ0v) is 13.6. The molecule has 130 valence electrons. The number of unbranched alkanes of at least 4 members (excludes halogenated alkanes) is 2. The largest absolute Gasteiger partial charge is 0.389 e. The molecule has 22 heavy (non-hydrogen) atoms. The molecular weight excluding hydrogens is 297 g/mol. The molecule has 0 rings (SSSR count). The molecule has 0 bridgehead atoms. The van der Waals surface area contributed by atoms with Crippen molar-refractivity contribution in [2.45, 2.75) is 45.2 Å². The van der Waals surface area contributed by atoms with Crippen molar-refractivity contribution in [3.8, 4) is 0 Å². The van der Waals surface area contributed by atoms with Crippen LogP contribution in [0, 0.1) is 0 Å². The number of carbonyl (C=O) groups is 1. The lowest BCUT2D eigenvalue weighted by Gasteiger charge is -2.13. The first-order valence-corrected chi connectivity index (χ1v) is 7.55. The molecule has 8 heteroatoms. The van der Waals surface area contributed by atoms with Gasteiger partial charge in [-0.15, -0.1) is 0 Å². The lowest BCUT2D eigenvalue weighted by atomic mass is 10.2. The Hall–Kier alpha value is -1.47. The predicted molar refractivity (Wildman–Crippen MR) is 81.8 cm³/mol.